The lowest BCUT2D eigenvalue weighted by molar-refractivity contribution is -0.112. The van der Waals surface area contributed by atoms with Gasteiger partial charge in [0.2, 0.25) is 0 Å². The molecular formula is C18H13F3N2O3S. The highest BCUT2D eigenvalue weighted by Gasteiger charge is 2.37. The molecule has 0 aliphatic heterocycles. The van der Waals surface area contributed by atoms with Gasteiger partial charge in [-0.1, -0.05) is 12.1 Å². The number of methoxy groups -OCH3 is 1. The van der Waals surface area contributed by atoms with E-state index < -0.39 is 27.1 Å². The van der Waals surface area contributed by atoms with E-state index in [4.69, 9.17) is 4.74 Å². The summed E-state index contributed by atoms with van der Waals surface area (Å²) in [5.74, 6) is -0.107. The SMILES string of the molecule is COc1ccc(/C=C(\C#N)C(=O)Nc2ccc([S@@](=O)C(F)(F)F)cc2)cc1. The fourth-order valence-electron chi connectivity index (χ4n) is 2.01. The molecular weight excluding hydrogens is 381 g/mol. The highest BCUT2D eigenvalue weighted by atomic mass is 32.2. The number of amides is 1. The number of alkyl halides is 3. The van der Waals surface area contributed by atoms with Gasteiger partial charge in [-0.05, 0) is 48.0 Å². The third kappa shape index (κ3) is 5.43. The van der Waals surface area contributed by atoms with Crippen molar-refractivity contribution in [1.82, 2.24) is 0 Å². The second kappa shape index (κ2) is 8.51. The van der Waals surface area contributed by atoms with Crippen molar-refractivity contribution in [1.29, 1.82) is 5.26 Å². The van der Waals surface area contributed by atoms with E-state index in [9.17, 15) is 27.4 Å². The average Bonchev–Trinajstić information content (AvgIpc) is 2.65. The molecule has 0 aromatic heterocycles. The van der Waals surface area contributed by atoms with Crippen LogP contribution in [-0.4, -0.2) is 22.7 Å². The zero-order chi connectivity index (χ0) is 20.0. The number of nitriles is 1. The lowest BCUT2D eigenvalue weighted by atomic mass is 10.1. The number of halogens is 3. The van der Waals surface area contributed by atoms with E-state index in [-0.39, 0.29) is 11.3 Å². The Morgan fingerprint density at radius 3 is 2.22 bits per heavy atom. The summed E-state index contributed by atoms with van der Waals surface area (Å²) in [7, 11) is -1.64. The number of nitrogens with one attached hydrogen (secondary N) is 1. The molecule has 1 amide bonds. The third-order valence-corrected chi connectivity index (χ3v) is 4.45. The van der Waals surface area contributed by atoms with Crippen LogP contribution in [0.5, 0.6) is 5.75 Å². The number of carbonyl (C=O) groups is 1. The van der Waals surface area contributed by atoms with Gasteiger partial charge in [0.25, 0.3) is 5.91 Å². The molecule has 9 heteroatoms. The second-order valence-corrected chi connectivity index (χ2v) is 6.61. The summed E-state index contributed by atoms with van der Waals surface area (Å²) in [5.41, 5.74) is -4.29. The first-order valence-electron chi connectivity index (χ1n) is 7.40. The van der Waals surface area contributed by atoms with Gasteiger partial charge in [0.05, 0.1) is 7.11 Å². The molecule has 0 radical (unpaired) electrons. The minimum atomic E-state index is -4.86. The molecule has 2 rings (SSSR count). The molecule has 1 atom stereocenters. The van der Waals surface area contributed by atoms with Gasteiger partial charge in [-0.25, -0.2) is 4.21 Å². The van der Waals surface area contributed by atoms with Crippen LogP contribution in [0.4, 0.5) is 18.9 Å². The highest BCUT2D eigenvalue weighted by molar-refractivity contribution is 7.86. The average molecular weight is 394 g/mol. The molecule has 0 saturated carbocycles. The summed E-state index contributed by atoms with van der Waals surface area (Å²) in [6.07, 6.45) is 1.36. The smallest absolute Gasteiger partial charge is 0.475 e. The first-order valence-corrected chi connectivity index (χ1v) is 8.55. The number of nitrogens with zero attached hydrogens (tertiary/aromatic N) is 1. The molecule has 2 aromatic rings. The first-order chi connectivity index (χ1) is 12.7. The van der Waals surface area contributed by atoms with E-state index in [1.807, 2.05) is 0 Å². The maximum absolute atomic E-state index is 12.4. The van der Waals surface area contributed by atoms with Crippen LogP contribution in [0.15, 0.2) is 59.0 Å². The van der Waals surface area contributed by atoms with Crippen molar-refractivity contribution in [3.63, 3.8) is 0 Å². The van der Waals surface area contributed by atoms with Gasteiger partial charge in [-0.2, -0.15) is 18.4 Å². The molecule has 0 bridgehead atoms. The van der Waals surface area contributed by atoms with Crippen molar-refractivity contribution < 1.29 is 26.9 Å². The monoisotopic (exact) mass is 394 g/mol. The predicted octanol–water partition coefficient (Wildman–Crippen LogP) is 3.87. The van der Waals surface area contributed by atoms with E-state index in [1.165, 1.54) is 25.3 Å². The van der Waals surface area contributed by atoms with Crippen molar-refractivity contribution in [3.05, 3.63) is 59.7 Å². The Bertz CT molecular complexity index is 915. The van der Waals surface area contributed by atoms with Crippen LogP contribution in [0.2, 0.25) is 0 Å². The van der Waals surface area contributed by atoms with Gasteiger partial charge in [0.1, 0.15) is 17.4 Å². The summed E-state index contributed by atoms with van der Waals surface area (Å²) >= 11 is 0. The number of ether oxygens (including phenoxy) is 1. The van der Waals surface area contributed by atoms with Crippen LogP contribution in [0.25, 0.3) is 6.08 Å². The zero-order valence-electron chi connectivity index (χ0n) is 13.9. The lowest BCUT2D eigenvalue weighted by Crippen LogP contribution is -2.16. The number of anilines is 1. The normalized spacial score (nSPS) is 12.8. The summed E-state index contributed by atoms with van der Waals surface area (Å²) in [6.45, 7) is 0. The molecule has 0 aliphatic rings. The van der Waals surface area contributed by atoms with Crippen LogP contribution in [0, 0.1) is 11.3 Å². The predicted molar refractivity (Wildman–Crippen MR) is 94.1 cm³/mol. The zero-order valence-corrected chi connectivity index (χ0v) is 14.7. The summed E-state index contributed by atoms with van der Waals surface area (Å²) in [5, 5.41) is 11.6. The molecule has 0 fully saturated rings. The molecule has 0 unspecified atom stereocenters. The Kier molecular flexibility index (Phi) is 6.36. The standard InChI is InChI=1S/C18H13F3N2O3S/c1-26-15-6-2-12(3-7-15)10-13(11-22)17(24)23-14-4-8-16(9-5-14)27(25)18(19,20)21/h2-10H,1H3,(H,23,24)/b13-10+/t27-/m1/s1. The van der Waals surface area contributed by atoms with Crippen LogP contribution < -0.4 is 10.1 Å². The topological polar surface area (TPSA) is 79.2 Å². The minimum absolute atomic E-state index is 0.166. The number of benzene rings is 2. The van der Waals surface area contributed by atoms with Crippen LogP contribution in [0.1, 0.15) is 5.56 Å². The fourth-order valence-corrected chi connectivity index (χ4v) is 2.66. The highest BCUT2D eigenvalue weighted by Crippen LogP contribution is 2.27. The number of rotatable bonds is 5. The van der Waals surface area contributed by atoms with E-state index in [0.29, 0.717) is 11.3 Å². The van der Waals surface area contributed by atoms with Crippen molar-refractivity contribution in [2.24, 2.45) is 0 Å². The van der Waals surface area contributed by atoms with Crippen molar-refractivity contribution in [2.45, 2.75) is 10.4 Å². The Morgan fingerprint density at radius 1 is 1.15 bits per heavy atom. The largest absolute Gasteiger partial charge is 0.497 e. The quantitative estimate of drug-likeness (QED) is 0.617. The van der Waals surface area contributed by atoms with Crippen molar-refractivity contribution in [3.8, 4) is 11.8 Å². The van der Waals surface area contributed by atoms with Gasteiger partial charge in [0.15, 0.2) is 10.8 Å². The maximum atomic E-state index is 12.4. The number of hydrogen-bond donors (Lipinski definition) is 1. The maximum Gasteiger partial charge on any atom is 0.475 e. The Balaban J connectivity index is 2.13. The van der Waals surface area contributed by atoms with Gasteiger partial charge >= 0.3 is 5.51 Å². The van der Waals surface area contributed by atoms with E-state index in [1.54, 1.807) is 30.3 Å². The van der Waals surface area contributed by atoms with Crippen molar-refractivity contribution in [2.75, 3.05) is 12.4 Å². The lowest BCUT2D eigenvalue weighted by Gasteiger charge is -2.08. The molecule has 27 heavy (non-hydrogen) atoms. The second-order valence-electron chi connectivity index (χ2n) is 5.14. The Labute approximate surface area is 155 Å². The summed E-state index contributed by atoms with van der Waals surface area (Å²) < 4.78 is 53.5. The molecule has 0 saturated heterocycles. The third-order valence-electron chi connectivity index (χ3n) is 3.33. The first kappa shape index (κ1) is 20.2. The number of hydrogen-bond acceptors (Lipinski definition) is 4. The van der Waals surface area contributed by atoms with Crippen molar-refractivity contribution >= 4 is 28.5 Å². The fraction of sp³-hybridized carbons (Fsp3) is 0.111. The number of carbonyl (C=O) groups excluding carboxylic acids is 1. The van der Waals surface area contributed by atoms with Gasteiger partial charge in [-0.3, -0.25) is 4.79 Å². The molecule has 0 spiro atoms. The molecule has 1 N–H and O–H groups in total. The van der Waals surface area contributed by atoms with E-state index >= 15 is 0 Å². The van der Waals surface area contributed by atoms with E-state index in [0.717, 1.165) is 12.1 Å². The van der Waals surface area contributed by atoms with E-state index in [2.05, 4.69) is 5.32 Å². The molecule has 2 aromatic carbocycles. The molecule has 140 valence electrons. The van der Waals surface area contributed by atoms with Crippen LogP contribution in [-0.2, 0) is 15.6 Å². The summed E-state index contributed by atoms with van der Waals surface area (Å²) in [4.78, 5) is 11.7. The Morgan fingerprint density at radius 2 is 1.74 bits per heavy atom. The molecule has 0 heterocycles. The summed E-state index contributed by atoms with van der Waals surface area (Å²) in [6, 6.07) is 12.8. The molecule has 0 aliphatic carbocycles. The van der Waals surface area contributed by atoms with Crippen LogP contribution in [0.3, 0.4) is 0 Å². The molecule has 5 nitrogen and oxygen atoms in total. The Hall–Kier alpha value is -3.12. The van der Waals surface area contributed by atoms with Gasteiger partial charge in [-0.15, -0.1) is 0 Å². The van der Waals surface area contributed by atoms with Gasteiger partial charge < -0.3 is 10.1 Å². The van der Waals surface area contributed by atoms with Crippen LogP contribution >= 0.6 is 0 Å². The minimum Gasteiger partial charge on any atom is -0.497 e. The van der Waals surface area contributed by atoms with Gasteiger partial charge in [0, 0.05) is 10.6 Å².